The van der Waals surface area contributed by atoms with Crippen molar-refractivity contribution in [3.8, 4) is 11.4 Å². The van der Waals surface area contributed by atoms with Gasteiger partial charge in [-0.2, -0.15) is 0 Å². The Kier molecular flexibility index (Phi) is 9.28. The molecule has 1 aliphatic rings. The summed E-state index contributed by atoms with van der Waals surface area (Å²) in [5.41, 5.74) is -0.137. The third-order valence-corrected chi connectivity index (χ3v) is 7.52. The van der Waals surface area contributed by atoms with Gasteiger partial charge in [-0.15, -0.1) is 0 Å². The van der Waals surface area contributed by atoms with Crippen molar-refractivity contribution in [1.82, 2.24) is 29.0 Å². The number of amides is 2. The number of methoxy groups -OCH3 is 1. The Morgan fingerprint density at radius 3 is 2.55 bits per heavy atom. The zero-order valence-corrected chi connectivity index (χ0v) is 24.5. The second kappa shape index (κ2) is 13.3. The molecule has 1 aromatic carbocycles. The molecule has 0 aliphatic carbocycles. The Balaban J connectivity index is 1.44. The molecule has 12 nitrogen and oxygen atoms in total. The molecule has 0 saturated carbocycles. The van der Waals surface area contributed by atoms with Crippen LogP contribution in [0.1, 0.15) is 43.0 Å². The van der Waals surface area contributed by atoms with Crippen LogP contribution in [0.5, 0.6) is 0 Å². The summed E-state index contributed by atoms with van der Waals surface area (Å²) in [7, 11) is 1.47. The lowest BCUT2D eigenvalue weighted by Gasteiger charge is -2.21. The summed E-state index contributed by atoms with van der Waals surface area (Å²) in [6.07, 6.45) is 3.90. The second-order valence-electron chi connectivity index (χ2n) is 10.5. The SMILES string of the molecule is CCCn1c(=O)n(CCCN2CCCC2=O)c(=O)c2[nH]c(-c3ccc(N(CCOC)C(=O)c4ccc(F)c(F)c4)nc3)nc21. The smallest absolute Gasteiger partial charge is 0.332 e. The maximum atomic E-state index is 13.8. The van der Waals surface area contributed by atoms with Crippen molar-refractivity contribution in [2.24, 2.45) is 0 Å². The fraction of sp³-hybridized carbons (Fsp3) is 0.400. The maximum absolute atomic E-state index is 13.8. The van der Waals surface area contributed by atoms with Gasteiger partial charge in [-0.3, -0.25) is 28.4 Å². The molecule has 1 fully saturated rings. The average molecular weight is 610 g/mol. The van der Waals surface area contributed by atoms with E-state index in [1.54, 1.807) is 17.0 Å². The van der Waals surface area contributed by atoms with Gasteiger partial charge in [-0.05, 0) is 49.6 Å². The molecule has 0 bridgehead atoms. The van der Waals surface area contributed by atoms with Gasteiger partial charge in [0.1, 0.15) is 17.2 Å². The number of halogens is 2. The van der Waals surface area contributed by atoms with E-state index in [9.17, 15) is 28.0 Å². The number of aromatic nitrogens is 5. The zero-order chi connectivity index (χ0) is 31.4. The van der Waals surface area contributed by atoms with Crippen LogP contribution in [0.3, 0.4) is 0 Å². The molecular weight excluding hydrogens is 576 g/mol. The lowest BCUT2D eigenvalue weighted by atomic mass is 10.1. The number of benzene rings is 1. The number of nitrogens with zero attached hydrogens (tertiary/aromatic N) is 6. The number of nitrogens with one attached hydrogen (secondary N) is 1. The van der Waals surface area contributed by atoms with Crippen LogP contribution < -0.4 is 16.1 Å². The minimum absolute atomic E-state index is 0.0552. The van der Waals surface area contributed by atoms with Crippen LogP contribution in [-0.2, 0) is 22.6 Å². The van der Waals surface area contributed by atoms with Crippen molar-refractivity contribution in [3.05, 3.63) is 74.6 Å². The fourth-order valence-corrected chi connectivity index (χ4v) is 5.26. The molecule has 1 saturated heterocycles. The number of hydrogen-bond acceptors (Lipinski definition) is 7. The summed E-state index contributed by atoms with van der Waals surface area (Å²) in [4.78, 5) is 66.9. The van der Waals surface area contributed by atoms with E-state index in [1.165, 1.54) is 33.4 Å². The number of hydrogen-bond donors (Lipinski definition) is 1. The Labute approximate surface area is 250 Å². The molecule has 0 atom stereocenters. The molecule has 0 unspecified atom stereocenters. The largest absolute Gasteiger partial charge is 0.383 e. The first-order valence-electron chi connectivity index (χ1n) is 14.5. The van der Waals surface area contributed by atoms with Crippen molar-refractivity contribution in [2.75, 3.05) is 38.3 Å². The first-order valence-corrected chi connectivity index (χ1v) is 14.5. The van der Waals surface area contributed by atoms with Crippen LogP contribution in [0.4, 0.5) is 14.6 Å². The van der Waals surface area contributed by atoms with Crippen molar-refractivity contribution >= 4 is 28.8 Å². The number of H-pyrrole nitrogens is 1. The van der Waals surface area contributed by atoms with Crippen LogP contribution in [0.2, 0.25) is 0 Å². The van der Waals surface area contributed by atoms with Gasteiger partial charge >= 0.3 is 5.69 Å². The molecule has 3 aromatic heterocycles. The number of imidazole rings is 1. The summed E-state index contributed by atoms with van der Waals surface area (Å²) in [5.74, 6) is -2.17. The van der Waals surface area contributed by atoms with Crippen molar-refractivity contribution in [1.29, 1.82) is 0 Å². The Bertz CT molecular complexity index is 1800. The Morgan fingerprint density at radius 1 is 1.07 bits per heavy atom. The van der Waals surface area contributed by atoms with Crippen LogP contribution in [0.15, 0.2) is 46.1 Å². The average Bonchev–Trinajstić information content (AvgIpc) is 3.65. The molecule has 1 N–H and O–H groups in total. The first kappa shape index (κ1) is 30.7. The van der Waals surface area contributed by atoms with Gasteiger partial charge < -0.3 is 14.6 Å². The molecule has 232 valence electrons. The molecule has 0 spiro atoms. The predicted molar refractivity (Wildman–Crippen MR) is 158 cm³/mol. The highest BCUT2D eigenvalue weighted by molar-refractivity contribution is 6.05. The quantitative estimate of drug-likeness (QED) is 0.261. The number of aryl methyl sites for hydroxylation is 1. The topological polar surface area (TPSA) is 135 Å². The van der Waals surface area contributed by atoms with E-state index >= 15 is 0 Å². The molecule has 2 amide bonds. The number of fused-ring (bicyclic) bond motifs is 1. The molecule has 5 rings (SSSR count). The molecule has 1 aliphatic heterocycles. The van der Waals surface area contributed by atoms with Gasteiger partial charge in [0.05, 0.1) is 13.2 Å². The number of rotatable bonds is 12. The third-order valence-electron chi connectivity index (χ3n) is 7.52. The summed E-state index contributed by atoms with van der Waals surface area (Å²) < 4.78 is 35.0. The van der Waals surface area contributed by atoms with E-state index in [-0.39, 0.29) is 48.1 Å². The van der Waals surface area contributed by atoms with Crippen molar-refractivity contribution in [2.45, 2.75) is 45.7 Å². The van der Waals surface area contributed by atoms with Gasteiger partial charge in [-0.25, -0.2) is 23.5 Å². The van der Waals surface area contributed by atoms with E-state index in [0.29, 0.717) is 50.3 Å². The summed E-state index contributed by atoms with van der Waals surface area (Å²) in [6.45, 7) is 3.85. The molecule has 0 radical (unpaired) electrons. The standard InChI is InChI=1S/C30H33F2N7O5/c1-3-11-38-27-25(29(42)39(30(38)43)14-5-13-36-12-4-6-24(36)40)34-26(35-27)20-8-10-23(33-18-20)37(15-16-44-2)28(41)19-7-9-21(31)22(32)17-19/h7-10,17-18H,3-6,11-16H2,1-2H3,(H,34,35). The minimum atomic E-state index is -1.14. The van der Waals surface area contributed by atoms with Gasteiger partial charge in [-0.1, -0.05) is 6.92 Å². The predicted octanol–water partition coefficient (Wildman–Crippen LogP) is 2.94. The summed E-state index contributed by atoms with van der Waals surface area (Å²) >= 11 is 0. The van der Waals surface area contributed by atoms with E-state index in [0.717, 1.165) is 18.6 Å². The van der Waals surface area contributed by atoms with E-state index < -0.39 is 28.8 Å². The van der Waals surface area contributed by atoms with Gasteiger partial charge in [0.2, 0.25) is 5.91 Å². The number of pyridine rings is 1. The monoisotopic (exact) mass is 609 g/mol. The molecule has 14 heteroatoms. The third kappa shape index (κ3) is 6.16. The van der Waals surface area contributed by atoms with E-state index in [1.807, 2.05) is 6.92 Å². The number of anilines is 1. The van der Waals surface area contributed by atoms with Crippen LogP contribution in [-0.4, -0.2) is 74.2 Å². The maximum Gasteiger partial charge on any atom is 0.332 e. The van der Waals surface area contributed by atoms with Gasteiger partial charge in [0.15, 0.2) is 17.3 Å². The lowest BCUT2D eigenvalue weighted by Crippen LogP contribution is -2.41. The van der Waals surface area contributed by atoms with Crippen LogP contribution in [0, 0.1) is 11.6 Å². The highest BCUT2D eigenvalue weighted by Crippen LogP contribution is 2.22. The second-order valence-corrected chi connectivity index (χ2v) is 10.5. The Hall–Kier alpha value is -4.72. The molecule has 44 heavy (non-hydrogen) atoms. The number of carbonyl (C=O) groups excluding carboxylic acids is 2. The van der Waals surface area contributed by atoms with E-state index in [4.69, 9.17) is 4.74 Å². The first-order chi connectivity index (χ1) is 21.2. The molecule has 4 aromatic rings. The van der Waals surface area contributed by atoms with Gasteiger partial charge in [0.25, 0.3) is 11.5 Å². The summed E-state index contributed by atoms with van der Waals surface area (Å²) in [6, 6.07) is 6.11. The Morgan fingerprint density at radius 2 is 1.89 bits per heavy atom. The molecule has 4 heterocycles. The normalized spacial score (nSPS) is 13.3. The van der Waals surface area contributed by atoms with Crippen molar-refractivity contribution < 1.29 is 23.1 Å². The minimum Gasteiger partial charge on any atom is -0.383 e. The number of carbonyl (C=O) groups is 2. The highest BCUT2D eigenvalue weighted by atomic mass is 19.2. The molecular formula is C30H33F2N7O5. The van der Waals surface area contributed by atoms with Crippen LogP contribution in [0.25, 0.3) is 22.6 Å². The van der Waals surface area contributed by atoms with Crippen molar-refractivity contribution in [3.63, 3.8) is 0 Å². The lowest BCUT2D eigenvalue weighted by molar-refractivity contribution is -0.127. The van der Waals surface area contributed by atoms with Gasteiger partial charge in [0, 0.05) is 57.0 Å². The number of likely N-dealkylation sites (tertiary alicyclic amines) is 1. The number of ether oxygens (including phenoxy) is 1. The fourth-order valence-electron chi connectivity index (χ4n) is 5.26. The summed E-state index contributed by atoms with van der Waals surface area (Å²) in [5, 5.41) is 0. The number of aromatic amines is 1. The highest BCUT2D eigenvalue weighted by Gasteiger charge is 2.23. The zero-order valence-electron chi connectivity index (χ0n) is 24.5. The van der Waals surface area contributed by atoms with Crippen LogP contribution >= 0.6 is 0 Å². The van der Waals surface area contributed by atoms with E-state index in [2.05, 4.69) is 15.0 Å².